The molecule has 3 N–H and O–H groups in total. The van der Waals surface area contributed by atoms with Gasteiger partial charge in [0.2, 0.25) is 0 Å². The van der Waals surface area contributed by atoms with Crippen molar-refractivity contribution in [2.75, 3.05) is 0 Å². The minimum Gasteiger partial charge on any atom is -0.473 e. The fraction of sp³-hybridized carbons (Fsp3) is 0.333. The molecule has 76 valence electrons. The van der Waals surface area contributed by atoms with Gasteiger partial charge in [0, 0.05) is 11.6 Å². The highest BCUT2D eigenvalue weighted by Gasteiger charge is 2.10. The number of allylic oxidation sites excluding steroid dienone is 2. The molecule has 0 aromatic rings. The summed E-state index contributed by atoms with van der Waals surface area (Å²) in [6.45, 7) is 1.96. The Bertz CT molecular complexity index is 282. The number of primary amides is 1. The number of amides is 2. The Balaban J connectivity index is 2.64. The maximum absolute atomic E-state index is 10.4. The van der Waals surface area contributed by atoms with Crippen LogP contribution in [-0.2, 0) is 4.74 Å². The van der Waals surface area contributed by atoms with Crippen molar-refractivity contribution in [2.45, 2.75) is 13.3 Å². The summed E-state index contributed by atoms with van der Waals surface area (Å²) in [5.74, 6) is 0.0700. The summed E-state index contributed by atoms with van der Waals surface area (Å²) >= 11 is 0. The molecule has 0 bridgehead atoms. The third-order valence-electron chi connectivity index (χ3n) is 1.79. The first-order chi connectivity index (χ1) is 6.74. The first-order valence-corrected chi connectivity index (χ1v) is 4.34. The second-order valence-electron chi connectivity index (χ2n) is 2.75. The molecular weight excluding hydrogens is 182 g/mol. The highest BCUT2D eigenvalue weighted by atomic mass is 16.5. The molecule has 0 aliphatic carbocycles. The van der Waals surface area contributed by atoms with Crippen molar-refractivity contribution >= 4 is 11.7 Å². The van der Waals surface area contributed by atoms with Gasteiger partial charge < -0.3 is 10.5 Å². The Morgan fingerprint density at radius 3 is 2.71 bits per heavy atom. The molecule has 0 radical (unpaired) electrons. The minimum atomic E-state index is -0.657. The van der Waals surface area contributed by atoms with E-state index in [4.69, 9.17) is 10.5 Å². The lowest BCUT2D eigenvalue weighted by molar-refractivity contribution is 0.249. The maximum atomic E-state index is 10.4. The number of urea groups is 1. The Morgan fingerprint density at radius 1 is 1.57 bits per heavy atom. The smallest absolute Gasteiger partial charge is 0.332 e. The number of rotatable bonds is 3. The zero-order valence-electron chi connectivity index (χ0n) is 7.93. The van der Waals surface area contributed by atoms with Crippen molar-refractivity contribution in [2.24, 2.45) is 16.8 Å². The van der Waals surface area contributed by atoms with Gasteiger partial charge in [-0.05, 0) is 18.6 Å². The summed E-state index contributed by atoms with van der Waals surface area (Å²) in [4.78, 5) is 10.4. The summed E-state index contributed by atoms with van der Waals surface area (Å²) < 4.78 is 4.89. The molecule has 0 aromatic heterocycles. The van der Waals surface area contributed by atoms with Crippen molar-refractivity contribution in [3.8, 4) is 0 Å². The summed E-state index contributed by atoms with van der Waals surface area (Å²) in [6.07, 6.45) is 7.61. The van der Waals surface area contributed by atoms with Crippen LogP contribution in [0.5, 0.6) is 0 Å². The molecule has 1 rings (SSSR count). The van der Waals surface area contributed by atoms with E-state index in [-0.39, 0.29) is 5.92 Å². The lowest BCUT2D eigenvalue weighted by atomic mass is 10.0. The molecule has 0 spiro atoms. The van der Waals surface area contributed by atoms with Crippen LogP contribution in [0.1, 0.15) is 13.3 Å². The van der Waals surface area contributed by atoms with Crippen molar-refractivity contribution in [1.82, 2.24) is 5.43 Å². The van der Waals surface area contributed by atoms with Gasteiger partial charge in [-0.1, -0.05) is 6.92 Å². The molecule has 0 aromatic carbocycles. The molecule has 14 heavy (non-hydrogen) atoms. The third-order valence-corrected chi connectivity index (χ3v) is 1.79. The van der Waals surface area contributed by atoms with Gasteiger partial charge in [-0.15, -0.1) is 0 Å². The highest BCUT2D eigenvalue weighted by Crippen LogP contribution is 2.11. The van der Waals surface area contributed by atoms with Gasteiger partial charge in [-0.2, -0.15) is 5.10 Å². The van der Waals surface area contributed by atoms with E-state index in [0.29, 0.717) is 0 Å². The van der Waals surface area contributed by atoms with Crippen LogP contribution in [0, 0.1) is 5.92 Å². The van der Waals surface area contributed by atoms with E-state index in [9.17, 15) is 4.79 Å². The molecule has 0 unspecified atom stereocenters. The zero-order chi connectivity index (χ0) is 10.4. The van der Waals surface area contributed by atoms with Crippen molar-refractivity contribution < 1.29 is 9.53 Å². The average Bonchev–Trinajstić information content (AvgIpc) is 2.20. The SMILES string of the molecule is CC/C(=N/NC(N)=O)C1C=COC=C1. The van der Waals surface area contributed by atoms with Crippen LogP contribution in [0.2, 0.25) is 0 Å². The molecule has 0 atom stereocenters. The van der Waals surface area contributed by atoms with E-state index in [0.717, 1.165) is 12.1 Å². The number of nitrogens with zero attached hydrogens (tertiary/aromatic N) is 1. The number of nitrogens with one attached hydrogen (secondary N) is 1. The molecular formula is C9H13N3O2. The Hall–Kier alpha value is -1.78. The normalized spacial score (nSPS) is 16.5. The van der Waals surface area contributed by atoms with Gasteiger partial charge in [0.1, 0.15) is 0 Å². The number of ether oxygens (including phenoxy) is 1. The van der Waals surface area contributed by atoms with Crippen LogP contribution in [-0.4, -0.2) is 11.7 Å². The van der Waals surface area contributed by atoms with Gasteiger partial charge in [0.15, 0.2) is 0 Å². The number of hydrogen-bond acceptors (Lipinski definition) is 3. The predicted octanol–water partition coefficient (Wildman–Crippen LogP) is 1.09. The van der Waals surface area contributed by atoms with E-state index in [1.54, 1.807) is 12.5 Å². The van der Waals surface area contributed by atoms with Crippen LogP contribution in [0.3, 0.4) is 0 Å². The number of carbonyl (C=O) groups excluding carboxylic acids is 1. The summed E-state index contributed by atoms with van der Waals surface area (Å²) in [5.41, 5.74) is 7.95. The third kappa shape index (κ3) is 2.93. The fourth-order valence-corrected chi connectivity index (χ4v) is 1.11. The second-order valence-corrected chi connectivity index (χ2v) is 2.75. The van der Waals surface area contributed by atoms with Crippen LogP contribution in [0.4, 0.5) is 4.79 Å². The molecule has 5 heteroatoms. The summed E-state index contributed by atoms with van der Waals surface area (Å²) in [7, 11) is 0. The van der Waals surface area contributed by atoms with E-state index in [1.165, 1.54) is 0 Å². The largest absolute Gasteiger partial charge is 0.473 e. The van der Waals surface area contributed by atoms with Crippen LogP contribution >= 0.6 is 0 Å². The predicted molar refractivity (Wildman–Crippen MR) is 53.3 cm³/mol. The standard InChI is InChI=1S/C9H13N3O2/c1-2-8(11-12-9(10)13)7-3-5-14-6-4-7/h3-7H,2H2,1H3,(H3,10,12,13)/b11-8-. The fourth-order valence-electron chi connectivity index (χ4n) is 1.11. The first kappa shape index (κ1) is 10.3. The van der Waals surface area contributed by atoms with Gasteiger partial charge in [0.25, 0.3) is 0 Å². The topological polar surface area (TPSA) is 76.7 Å². The lowest BCUT2D eigenvalue weighted by Crippen LogP contribution is -2.27. The number of hydrogen-bond donors (Lipinski definition) is 2. The summed E-state index contributed by atoms with van der Waals surface area (Å²) in [5, 5.41) is 3.90. The minimum absolute atomic E-state index is 0.0700. The second kappa shape index (κ2) is 5.06. The Kier molecular flexibility index (Phi) is 3.72. The van der Waals surface area contributed by atoms with Gasteiger partial charge >= 0.3 is 6.03 Å². The average molecular weight is 195 g/mol. The lowest BCUT2D eigenvalue weighted by Gasteiger charge is -2.12. The monoisotopic (exact) mass is 195 g/mol. The molecule has 0 saturated carbocycles. The molecule has 1 aliphatic rings. The Labute approximate surface area is 82.3 Å². The van der Waals surface area contributed by atoms with Gasteiger partial charge in [-0.25, -0.2) is 10.2 Å². The summed E-state index contributed by atoms with van der Waals surface area (Å²) in [6, 6.07) is -0.657. The molecule has 0 fully saturated rings. The van der Waals surface area contributed by atoms with Crippen LogP contribution in [0.15, 0.2) is 29.8 Å². The van der Waals surface area contributed by atoms with Crippen LogP contribution < -0.4 is 11.2 Å². The Morgan fingerprint density at radius 2 is 2.21 bits per heavy atom. The number of hydrazone groups is 1. The van der Waals surface area contributed by atoms with Crippen molar-refractivity contribution in [1.29, 1.82) is 0 Å². The van der Waals surface area contributed by atoms with E-state index < -0.39 is 6.03 Å². The van der Waals surface area contributed by atoms with Gasteiger partial charge in [0.05, 0.1) is 12.5 Å². The van der Waals surface area contributed by atoms with Crippen molar-refractivity contribution in [3.05, 3.63) is 24.7 Å². The van der Waals surface area contributed by atoms with E-state index in [2.05, 4.69) is 10.5 Å². The van der Waals surface area contributed by atoms with E-state index >= 15 is 0 Å². The maximum Gasteiger partial charge on any atom is 0.332 e. The number of carbonyl (C=O) groups is 1. The molecule has 2 amide bonds. The first-order valence-electron chi connectivity index (χ1n) is 4.34. The molecule has 5 nitrogen and oxygen atoms in total. The van der Waals surface area contributed by atoms with Gasteiger partial charge in [-0.3, -0.25) is 0 Å². The zero-order valence-corrected chi connectivity index (χ0v) is 7.93. The quantitative estimate of drug-likeness (QED) is 0.522. The highest BCUT2D eigenvalue weighted by molar-refractivity contribution is 5.90. The molecule has 1 aliphatic heterocycles. The number of nitrogens with two attached hydrogens (primary N) is 1. The van der Waals surface area contributed by atoms with Crippen LogP contribution in [0.25, 0.3) is 0 Å². The molecule has 1 heterocycles. The van der Waals surface area contributed by atoms with Crippen molar-refractivity contribution in [3.63, 3.8) is 0 Å². The molecule has 0 saturated heterocycles. The van der Waals surface area contributed by atoms with E-state index in [1.807, 2.05) is 19.1 Å².